The van der Waals surface area contributed by atoms with E-state index in [0.29, 0.717) is 6.54 Å². The Kier molecular flexibility index (Phi) is 9.06. The van der Waals surface area contributed by atoms with Gasteiger partial charge in [-0.15, -0.1) is 0 Å². The summed E-state index contributed by atoms with van der Waals surface area (Å²) in [7, 11) is 0. The van der Waals surface area contributed by atoms with Crippen molar-refractivity contribution in [2.45, 2.75) is 58.4 Å². The molecule has 0 radical (unpaired) electrons. The maximum atomic E-state index is 12.6. The number of amides is 2. The van der Waals surface area contributed by atoms with Crippen LogP contribution in [0.1, 0.15) is 44.7 Å². The summed E-state index contributed by atoms with van der Waals surface area (Å²) in [5, 5.41) is 5.33. The van der Waals surface area contributed by atoms with E-state index in [1.54, 1.807) is 20.8 Å². The lowest BCUT2D eigenvalue weighted by atomic mass is 10.1. The molecule has 2 aromatic rings. The molecule has 0 saturated heterocycles. The maximum absolute atomic E-state index is 12.6. The van der Waals surface area contributed by atoms with Crippen molar-refractivity contribution in [3.05, 3.63) is 71.8 Å². The van der Waals surface area contributed by atoms with Crippen molar-refractivity contribution in [2.24, 2.45) is 0 Å². The van der Waals surface area contributed by atoms with Crippen LogP contribution in [0, 0.1) is 0 Å². The van der Waals surface area contributed by atoms with Gasteiger partial charge in [0.05, 0.1) is 0 Å². The summed E-state index contributed by atoms with van der Waals surface area (Å²) in [6.07, 6.45) is -0.597. The summed E-state index contributed by atoms with van der Waals surface area (Å²) in [6, 6.07) is 17.7. The number of carbonyl (C=O) groups is 3. The van der Waals surface area contributed by atoms with Gasteiger partial charge in [-0.2, -0.15) is 0 Å². The lowest BCUT2D eigenvalue weighted by Gasteiger charge is -2.23. The van der Waals surface area contributed by atoms with Crippen LogP contribution in [0.2, 0.25) is 0 Å². The van der Waals surface area contributed by atoms with Gasteiger partial charge in [0.25, 0.3) is 0 Å². The fourth-order valence-electron chi connectivity index (χ4n) is 2.69. The molecule has 0 fully saturated rings. The number of nitrogens with one attached hydrogen (secondary N) is 2. The van der Waals surface area contributed by atoms with E-state index < -0.39 is 23.7 Å². The highest BCUT2D eigenvalue weighted by molar-refractivity contribution is 5.83. The molecule has 0 saturated carbocycles. The first-order chi connectivity index (χ1) is 14.7. The van der Waals surface area contributed by atoms with E-state index in [1.807, 2.05) is 60.7 Å². The fraction of sp³-hybridized carbons (Fsp3) is 0.375. The van der Waals surface area contributed by atoms with Crippen LogP contribution in [0.25, 0.3) is 0 Å². The Labute approximate surface area is 183 Å². The zero-order chi connectivity index (χ0) is 22.7. The predicted molar refractivity (Wildman–Crippen MR) is 117 cm³/mol. The first-order valence-corrected chi connectivity index (χ1v) is 10.2. The van der Waals surface area contributed by atoms with Crippen LogP contribution in [0.15, 0.2) is 60.7 Å². The Hall–Kier alpha value is -3.35. The highest BCUT2D eigenvalue weighted by Gasteiger charge is 2.26. The van der Waals surface area contributed by atoms with Crippen LogP contribution in [0.3, 0.4) is 0 Å². The number of benzene rings is 2. The average molecular weight is 427 g/mol. The summed E-state index contributed by atoms with van der Waals surface area (Å²) < 4.78 is 10.6. The van der Waals surface area contributed by atoms with Gasteiger partial charge in [-0.05, 0) is 38.3 Å². The molecule has 0 heterocycles. The van der Waals surface area contributed by atoms with E-state index in [-0.39, 0.29) is 25.4 Å². The van der Waals surface area contributed by atoms with Crippen molar-refractivity contribution < 1.29 is 23.9 Å². The molecule has 0 bridgehead atoms. The molecule has 0 spiro atoms. The van der Waals surface area contributed by atoms with Crippen molar-refractivity contribution in [1.82, 2.24) is 10.6 Å². The first kappa shape index (κ1) is 23.9. The van der Waals surface area contributed by atoms with Crippen LogP contribution >= 0.6 is 0 Å². The number of carbonyl (C=O) groups excluding carboxylic acids is 3. The molecule has 2 N–H and O–H groups in total. The van der Waals surface area contributed by atoms with Crippen LogP contribution in [0.4, 0.5) is 4.79 Å². The van der Waals surface area contributed by atoms with Gasteiger partial charge < -0.3 is 20.1 Å². The zero-order valence-electron chi connectivity index (χ0n) is 18.2. The van der Waals surface area contributed by atoms with Crippen LogP contribution in [-0.4, -0.2) is 29.6 Å². The first-order valence-electron chi connectivity index (χ1n) is 10.2. The number of hydrogen-bond acceptors (Lipinski definition) is 5. The number of esters is 1. The minimum absolute atomic E-state index is 0.0493. The molecule has 31 heavy (non-hydrogen) atoms. The van der Waals surface area contributed by atoms with Crippen molar-refractivity contribution in [3.8, 4) is 0 Å². The van der Waals surface area contributed by atoms with Gasteiger partial charge in [0, 0.05) is 13.0 Å². The molecule has 2 aromatic carbocycles. The quantitative estimate of drug-likeness (QED) is 0.596. The normalized spacial score (nSPS) is 11.8. The Morgan fingerprint density at radius 3 is 2.06 bits per heavy atom. The highest BCUT2D eigenvalue weighted by atomic mass is 16.6. The van der Waals surface area contributed by atoms with Gasteiger partial charge >= 0.3 is 12.1 Å². The summed E-state index contributed by atoms with van der Waals surface area (Å²) in [4.78, 5) is 37.0. The second kappa shape index (κ2) is 11.7. The van der Waals surface area contributed by atoms with E-state index in [4.69, 9.17) is 9.47 Å². The summed E-state index contributed by atoms with van der Waals surface area (Å²) in [5.41, 5.74) is 1.09. The molecular weight excluding hydrogens is 396 g/mol. The van der Waals surface area contributed by atoms with E-state index in [0.717, 1.165) is 11.1 Å². The Balaban J connectivity index is 1.91. The number of rotatable bonds is 9. The second-order valence-electron chi connectivity index (χ2n) is 8.09. The molecule has 166 valence electrons. The average Bonchev–Trinajstić information content (AvgIpc) is 2.73. The minimum atomic E-state index is -0.999. The minimum Gasteiger partial charge on any atom is -0.459 e. The van der Waals surface area contributed by atoms with Gasteiger partial charge in [-0.25, -0.2) is 9.59 Å². The summed E-state index contributed by atoms with van der Waals surface area (Å²) in [6.45, 7) is 5.65. The third-order valence-electron chi connectivity index (χ3n) is 4.19. The zero-order valence-corrected chi connectivity index (χ0v) is 18.2. The molecule has 0 aliphatic heterocycles. The smallest absolute Gasteiger partial charge is 0.408 e. The fourth-order valence-corrected chi connectivity index (χ4v) is 2.69. The lowest BCUT2D eigenvalue weighted by molar-refractivity contribution is -0.147. The van der Waals surface area contributed by atoms with Crippen LogP contribution < -0.4 is 10.6 Å². The topological polar surface area (TPSA) is 93.7 Å². The maximum Gasteiger partial charge on any atom is 0.408 e. The SMILES string of the molecule is CC(C)(C)OC(=O)NC(CCC(=O)NCc1ccccc1)C(=O)OCc1ccccc1. The van der Waals surface area contributed by atoms with E-state index in [1.165, 1.54) is 0 Å². The predicted octanol–water partition coefficient (Wildman–Crippen LogP) is 3.72. The monoisotopic (exact) mass is 426 g/mol. The third kappa shape index (κ3) is 9.80. The largest absolute Gasteiger partial charge is 0.459 e. The molecule has 7 heteroatoms. The summed E-state index contributed by atoms with van der Waals surface area (Å²) >= 11 is 0. The van der Waals surface area contributed by atoms with E-state index >= 15 is 0 Å². The number of ether oxygens (including phenoxy) is 2. The van der Waals surface area contributed by atoms with Crippen LogP contribution in [0.5, 0.6) is 0 Å². The number of alkyl carbamates (subject to hydrolysis) is 1. The third-order valence-corrected chi connectivity index (χ3v) is 4.19. The van der Waals surface area contributed by atoms with Crippen molar-refractivity contribution in [2.75, 3.05) is 0 Å². The number of hydrogen-bond donors (Lipinski definition) is 2. The van der Waals surface area contributed by atoms with Crippen molar-refractivity contribution in [1.29, 1.82) is 0 Å². The lowest BCUT2D eigenvalue weighted by Crippen LogP contribution is -2.44. The highest BCUT2D eigenvalue weighted by Crippen LogP contribution is 2.10. The molecule has 0 aromatic heterocycles. The van der Waals surface area contributed by atoms with Gasteiger partial charge in [0.15, 0.2) is 0 Å². The van der Waals surface area contributed by atoms with Crippen molar-refractivity contribution in [3.63, 3.8) is 0 Å². The molecular formula is C24H30N2O5. The molecule has 2 rings (SSSR count). The van der Waals surface area contributed by atoms with E-state index in [2.05, 4.69) is 10.6 Å². The molecule has 0 aliphatic carbocycles. The van der Waals surface area contributed by atoms with Gasteiger partial charge in [-0.1, -0.05) is 60.7 Å². The summed E-state index contributed by atoms with van der Waals surface area (Å²) in [5.74, 6) is -0.846. The standard InChI is InChI=1S/C24H30N2O5/c1-24(2,3)31-23(29)26-20(22(28)30-17-19-12-8-5-9-13-19)14-15-21(27)25-16-18-10-6-4-7-11-18/h4-13,20H,14-17H2,1-3H3,(H,25,27)(H,26,29). The Morgan fingerprint density at radius 1 is 0.903 bits per heavy atom. The molecule has 7 nitrogen and oxygen atoms in total. The molecule has 2 amide bonds. The molecule has 1 unspecified atom stereocenters. The molecule has 1 atom stereocenters. The molecule has 0 aliphatic rings. The Bertz CT molecular complexity index is 847. The van der Waals surface area contributed by atoms with E-state index in [9.17, 15) is 14.4 Å². The van der Waals surface area contributed by atoms with Crippen LogP contribution in [-0.2, 0) is 32.2 Å². The van der Waals surface area contributed by atoms with Gasteiger partial charge in [-0.3, -0.25) is 4.79 Å². The van der Waals surface area contributed by atoms with Crippen molar-refractivity contribution >= 4 is 18.0 Å². The Morgan fingerprint density at radius 2 is 1.48 bits per heavy atom. The van der Waals surface area contributed by atoms with Gasteiger partial charge in [0.1, 0.15) is 18.2 Å². The second-order valence-corrected chi connectivity index (χ2v) is 8.09. The van der Waals surface area contributed by atoms with Gasteiger partial charge in [0.2, 0.25) is 5.91 Å².